The standard InChI is InChI=1S/C12H23N3O3/c1-3-12(2,10(16)17)9-13-11(18)14-15-7-5-4-6-8-15/h3-9H2,1-2H3,(H,16,17)(H2,13,14,18). The number of carbonyl (C=O) groups is 2. The predicted octanol–water partition coefficient (Wildman–Crippen LogP) is 1.19. The van der Waals surface area contributed by atoms with Crippen LogP contribution in [0.2, 0.25) is 0 Å². The Balaban J connectivity index is 2.33. The number of hydrazine groups is 1. The number of carboxylic acids is 1. The normalized spacial score (nSPS) is 19.9. The molecule has 0 aromatic heterocycles. The van der Waals surface area contributed by atoms with Gasteiger partial charge in [0.25, 0.3) is 0 Å². The van der Waals surface area contributed by atoms with Gasteiger partial charge in [0, 0.05) is 19.6 Å². The fourth-order valence-electron chi connectivity index (χ4n) is 1.82. The van der Waals surface area contributed by atoms with Gasteiger partial charge in [0.2, 0.25) is 0 Å². The number of hydrogen-bond donors (Lipinski definition) is 3. The molecule has 2 amide bonds. The first kappa shape index (κ1) is 14.8. The summed E-state index contributed by atoms with van der Waals surface area (Å²) >= 11 is 0. The van der Waals surface area contributed by atoms with Crippen LogP contribution in [-0.2, 0) is 4.79 Å². The lowest BCUT2D eigenvalue weighted by Crippen LogP contribution is -2.51. The number of hydrogen-bond acceptors (Lipinski definition) is 3. The number of amides is 2. The second-order valence-electron chi connectivity index (χ2n) is 5.06. The zero-order valence-corrected chi connectivity index (χ0v) is 11.2. The lowest BCUT2D eigenvalue weighted by atomic mass is 9.88. The summed E-state index contributed by atoms with van der Waals surface area (Å²) in [4.78, 5) is 22.7. The third kappa shape index (κ3) is 4.18. The van der Waals surface area contributed by atoms with Crippen LogP contribution in [0.5, 0.6) is 0 Å². The molecule has 6 nitrogen and oxygen atoms in total. The molecule has 104 valence electrons. The number of aliphatic carboxylic acids is 1. The van der Waals surface area contributed by atoms with E-state index in [2.05, 4.69) is 10.7 Å². The Kier molecular flexibility index (Phi) is 5.40. The van der Waals surface area contributed by atoms with Crippen molar-refractivity contribution in [1.29, 1.82) is 0 Å². The third-order valence-corrected chi connectivity index (χ3v) is 3.55. The fraction of sp³-hybridized carbons (Fsp3) is 0.833. The molecule has 1 saturated heterocycles. The van der Waals surface area contributed by atoms with Gasteiger partial charge >= 0.3 is 12.0 Å². The summed E-state index contributed by atoms with van der Waals surface area (Å²) in [5.74, 6) is -0.886. The largest absolute Gasteiger partial charge is 0.481 e. The first-order valence-corrected chi connectivity index (χ1v) is 6.51. The first-order valence-electron chi connectivity index (χ1n) is 6.51. The molecule has 18 heavy (non-hydrogen) atoms. The summed E-state index contributed by atoms with van der Waals surface area (Å²) < 4.78 is 0. The van der Waals surface area contributed by atoms with Crippen molar-refractivity contribution < 1.29 is 14.7 Å². The molecular formula is C12H23N3O3. The maximum atomic E-state index is 11.6. The molecule has 0 radical (unpaired) electrons. The summed E-state index contributed by atoms with van der Waals surface area (Å²) in [6, 6.07) is -0.321. The molecule has 0 bridgehead atoms. The van der Waals surface area contributed by atoms with Crippen molar-refractivity contribution in [3.63, 3.8) is 0 Å². The van der Waals surface area contributed by atoms with Gasteiger partial charge in [-0.2, -0.15) is 0 Å². The summed E-state index contributed by atoms with van der Waals surface area (Å²) in [6.45, 7) is 5.29. The number of nitrogens with zero attached hydrogens (tertiary/aromatic N) is 1. The minimum Gasteiger partial charge on any atom is -0.481 e. The Bertz CT molecular complexity index is 303. The molecule has 1 unspecified atom stereocenters. The molecule has 1 aliphatic rings. The van der Waals surface area contributed by atoms with Gasteiger partial charge < -0.3 is 10.4 Å². The van der Waals surface area contributed by atoms with Gasteiger partial charge in [-0.05, 0) is 26.2 Å². The van der Waals surface area contributed by atoms with Crippen molar-refractivity contribution in [3.8, 4) is 0 Å². The van der Waals surface area contributed by atoms with E-state index in [4.69, 9.17) is 5.11 Å². The van der Waals surface area contributed by atoms with Gasteiger partial charge in [-0.1, -0.05) is 13.3 Å². The molecule has 0 aromatic rings. The Morgan fingerprint density at radius 2 is 1.89 bits per heavy atom. The summed E-state index contributed by atoms with van der Waals surface area (Å²) in [7, 11) is 0. The molecule has 1 rings (SSSR count). The Labute approximate surface area is 108 Å². The lowest BCUT2D eigenvalue weighted by molar-refractivity contribution is -0.147. The number of urea groups is 1. The average molecular weight is 257 g/mol. The summed E-state index contributed by atoms with van der Waals surface area (Å²) in [5.41, 5.74) is 1.84. The minimum atomic E-state index is -0.904. The second-order valence-corrected chi connectivity index (χ2v) is 5.06. The summed E-state index contributed by atoms with van der Waals surface area (Å²) in [5, 5.41) is 13.6. The van der Waals surface area contributed by atoms with Crippen molar-refractivity contribution in [2.75, 3.05) is 19.6 Å². The van der Waals surface area contributed by atoms with E-state index in [1.165, 1.54) is 6.42 Å². The molecule has 1 aliphatic heterocycles. The molecule has 1 heterocycles. The van der Waals surface area contributed by atoms with Gasteiger partial charge in [-0.3, -0.25) is 10.2 Å². The number of carbonyl (C=O) groups excluding carboxylic acids is 1. The first-order chi connectivity index (χ1) is 8.48. The zero-order valence-electron chi connectivity index (χ0n) is 11.2. The molecule has 0 aromatic carbocycles. The van der Waals surface area contributed by atoms with Crippen molar-refractivity contribution in [2.24, 2.45) is 5.41 Å². The van der Waals surface area contributed by atoms with Crippen LogP contribution in [0.15, 0.2) is 0 Å². The van der Waals surface area contributed by atoms with E-state index < -0.39 is 11.4 Å². The van der Waals surface area contributed by atoms with Crippen LogP contribution in [0, 0.1) is 5.41 Å². The van der Waals surface area contributed by atoms with Gasteiger partial charge in [0.1, 0.15) is 0 Å². The van der Waals surface area contributed by atoms with Gasteiger partial charge in [-0.15, -0.1) is 0 Å². The molecule has 0 saturated carbocycles. The second kappa shape index (κ2) is 6.58. The van der Waals surface area contributed by atoms with E-state index in [9.17, 15) is 9.59 Å². The van der Waals surface area contributed by atoms with E-state index in [-0.39, 0.29) is 12.6 Å². The highest BCUT2D eigenvalue weighted by atomic mass is 16.4. The van der Waals surface area contributed by atoms with Crippen molar-refractivity contribution in [1.82, 2.24) is 15.8 Å². The van der Waals surface area contributed by atoms with Crippen LogP contribution in [0.4, 0.5) is 4.79 Å². The van der Waals surface area contributed by atoms with Crippen LogP contribution in [0.25, 0.3) is 0 Å². The van der Waals surface area contributed by atoms with Crippen molar-refractivity contribution in [3.05, 3.63) is 0 Å². The Morgan fingerprint density at radius 3 is 2.39 bits per heavy atom. The number of carboxylic acid groups (broad SMARTS) is 1. The van der Waals surface area contributed by atoms with E-state index in [1.54, 1.807) is 13.8 Å². The maximum Gasteiger partial charge on any atom is 0.329 e. The third-order valence-electron chi connectivity index (χ3n) is 3.55. The smallest absolute Gasteiger partial charge is 0.329 e. The average Bonchev–Trinajstić information content (AvgIpc) is 2.37. The highest BCUT2D eigenvalue weighted by Crippen LogP contribution is 2.19. The van der Waals surface area contributed by atoms with Gasteiger partial charge in [0.05, 0.1) is 5.41 Å². The van der Waals surface area contributed by atoms with E-state index in [1.807, 2.05) is 5.01 Å². The lowest BCUT2D eigenvalue weighted by Gasteiger charge is -2.28. The minimum absolute atomic E-state index is 0.137. The molecule has 3 N–H and O–H groups in total. The fourth-order valence-corrected chi connectivity index (χ4v) is 1.82. The Morgan fingerprint density at radius 1 is 1.28 bits per heavy atom. The molecule has 6 heteroatoms. The van der Waals surface area contributed by atoms with E-state index >= 15 is 0 Å². The Hall–Kier alpha value is -1.30. The number of rotatable bonds is 5. The highest BCUT2D eigenvalue weighted by Gasteiger charge is 2.31. The number of piperidine rings is 1. The van der Waals surface area contributed by atoms with E-state index in [0.29, 0.717) is 6.42 Å². The van der Waals surface area contributed by atoms with Crippen LogP contribution in [0.1, 0.15) is 39.5 Å². The molecule has 1 fully saturated rings. The predicted molar refractivity (Wildman–Crippen MR) is 68.0 cm³/mol. The van der Waals surface area contributed by atoms with Crippen LogP contribution < -0.4 is 10.7 Å². The molecule has 0 spiro atoms. The van der Waals surface area contributed by atoms with Crippen LogP contribution in [0.3, 0.4) is 0 Å². The maximum absolute atomic E-state index is 11.6. The highest BCUT2D eigenvalue weighted by molar-refractivity contribution is 5.77. The van der Waals surface area contributed by atoms with E-state index in [0.717, 1.165) is 25.9 Å². The zero-order chi connectivity index (χ0) is 13.6. The number of nitrogens with one attached hydrogen (secondary N) is 2. The van der Waals surface area contributed by atoms with Crippen molar-refractivity contribution >= 4 is 12.0 Å². The quantitative estimate of drug-likeness (QED) is 0.691. The topological polar surface area (TPSA) is 81.7 Å². The monoisotopic (exact) mass is 257 g/mol. The van der Waals surface area contributed by atoms with Crippen LogP contribution in [-0.4, -0.2) is 41.8 Å². The molecule has 1 atom stereocenters. The SMILES string of the molecule is CCC(C)(CNC(=O)NN1CCCCC1)C(=O)O. The van der Waals surface area contributed by atoms with Crippen LogP contribution >= 0.6 is 0 Å². The van der Waals surface area contributed by atoms with Gasteiger partial charge in [0.15, 0.2) is 0 Å². The molecule has 0 aliphatic carbocycles. The molecular weight excluding hydrogens is 234 g/mol. The van der Waals surface area contributed by atoms with Crippen molar-refractivity contribution in [2.45, 2.75) is 39.5 Å². The summed E-state index contributed by atoms with van der Waals surface area (Å²) in [6.07, 6.45) is 3.85. The van der Waals surface area contributed by atoms with Gasteiger partial charge in [-0.25, -0.2) is 9.80 Å².